The van der Waals surface area contributed by atoms with E-state index in [9.17, 15) is 4.79 Å². The van der Waals surface area contributed by atoms with Gasteiger partial charge in [-0.15, -0.1) is 0 Å². The van der Waals surface area contributed by atoms with Crippen LogP contribution in [-0.2, 0) is 13.6 Å². The molecule has 0 saturated heterocycles. The molecular weight excluding hydrogens is 242 g/mol. The zero-order valence-corrected chi connectivity index (χ0v) is 10.4. The Morgan fingerprint density at radius 1 is 1.37 bits per heavy atom. The fourth-order valence-corrected chi connectivity index (χ4v) is 2.13. The lowest BCUT2D eigenvalue weighted by atomic mass is 10.1. The number of nitrogens with two attached hydrogens (primary N) is 1. The average molecular weight is 255 g/mol. The second-order valence-corrected chi connectivity index (χ2v) is 4.37. The number of fused-ring (bicyclic) bond motifs is 1. The summed E-state index contributed by atoms with van der Waals surface area (Å²) in [5, 5.41) is 6.52. The summed E-state index contributed by atoms with van der Waals surface area (Å²) in [4.78, 5) is 15.6. The zero-order chi connectivity index (χ0) is 13.4. The number of nitrogens with zero attached hydrogens (tertiary/aromatic N) is 3. The topological polar surface area (TPSA) is 89.6 Å². The van der Waals surface area contributed by atoms with Crippen LogP contribution in [0.5, 0.6) is 0 Å². The highest BCUT2D eigenvalue weighted by molar-refractivity contribution is 5.81. The fourth-order valence-electron chi connectivity index (χ4n) is 2.13. The van der Waals surface area contributed by atoms with Crippen LogP contribution in [0.3, 0.4) is 0 Å². The van der Waals surface area contributed by atoms with Crippen molar-refractivity contribution in [3.63, 3.8) is 0 Å². The van der Waals surface area contributed by atoms with E-state index >= 15 is 0 Å². The van der Waals surface area contributed by atoms with E-state index in [4.69, 9.17) is 5.73 Å². The SMILES string of the molecule is Cn1cnc2cc(-c3n[nH]c(=O)cc3CN)ccc21. The maximum atomic E-state index is 11.3. The van der Waals surface area contributed by atoms with Crippen molar-refractivity contribution in [2.24, 2.45) is 12.8 Å². The van der Waals surface area contributed by atoms with E-state index in [2.05, 4.69) is 15.2 Å². The lowest BCUT2D eigenvalue weighted by Crippen LogP contribution is -2.12. The number of benzene rings is 1. The molecule has 0 spiro atoms. The van der Waals surface area contributed by atoms with Gasteiger partial charge in [0, 0.05) is 25.2 Å². The highest BCUT2D eigenvalue weighted by atomic mass is 16.1. The largest absolute Gasteiger partial charge is 0.334 e. The number of hydrogen-bond acceptors (Lipinski definition) is 4. The number of imidazole rings is 1. The van der Waals surface area contributed by atoms with Gasteiger partial charge in [0.25, 0.3) is 5.56 Å². The van der Waals surface area contributed by atoms with Crippen molar-refractivity contribution < 1.29 is 0 Å². The summed E-state index contributed by atoms with van der Waals surface area (Å²) in [5.74, 6) is 0. The van der Waals surface area contributed by atoms with E-state index in [-0.39, 0.29) is 12.1 Å². The molecule has 3 aromatic rings. The van der Waals surface area contributed by atoms with E-state index in [0.717, 1.165) is 22.2 Å². The molecule has 0 atom stereocenters. The molecule has 0 aliphatic heterocycles. The minimum atomic E-state index is -0.247. The Hall–Kier alpha value is -2.47. The predicted molar refractivity (Wildman–Crippen MR) is 72.5 cm³/mol. The molecule has 0 unspecified atom stereocenters. The van der Waals surface area contributed by atoms with Gasteiger partial charge in [-0.05, 0) is 17.7 Å². The Morgan fingerprint density at radius 3 is 3.00 bits per heavy atom. The first-order valence-corrected chi connectivity index (χ1v) is 5.89. The van der Waals surface area contributed by atoms with Gasteiger partial charge in [0.1, 0.15) is 0 Å². The molecule has 3 N–H and O–H groups in total. The Morgan fingerprint density at radius 2 is 2.21 bits per heavy atom. The van der Waals surface area contributed by atoms with Crippen molar-refractivity contribution >= 4 is 11.0 Å². The van der Waals surface area contributed by atoms with Crippen LogP contribution < -0.4 is 11.3 Å². The van der Waals surface area contributed by atoms with Gasteiger partial charge in [-0.2, -0.15) is 5.10 Å². The van der Waals surface area contributed by atoms with Crippen LogP contribution in [0.4, 0.5) is 0 Å². The number of aromatic amines is 1. The molecule has 0 aliphatic rings. The van der Waals surface area contributed by atoms with Crippen LogP contribution in [0.1, 0.15) is 5.56 Å². The van der Waals surface area contributed by atoms with Crippen LogP contribution in [0.15, 0.2) is 35.4 Å². The first-order valence-electron chi connectivity index (χ1n) is 5.89. The quantitative estimate of drug-likeness (QED) is 0.708. The van der Waals surface area contributed by atoms with Gasteiger partial charge in [0.05, 0.1) is 23.1 Å². The minimum absolute atomic E-state index is 0.247. The van der Waals surface area contributed by atoms with E-state index < -0.39 is 0 Å². The third-order valence-corrected chi connectivity index (χ3v) is 3.11. The van der Waals surface area contributed by atoms with Gasteiger partial charge in [-0.25, -0.2) is 10.1 Å². The Kier molecular flexibility index (Phi) is 2.64. The summed E-state index contributed by atoms with van der Waals surface area (Å²) in [5.41, 5.74) is 9.65. The highest BCUT2D eigenvalue weighted by Crippen LogP contribution is 2.23. The molecule has 0 saturated carbocycles. The molecule has 0 amide bonds. The van der Waals surface area contributed by atoms with E-state index in [1.807, 2.05) is 29.8 Å². The molecule has 0 fully saturated rings. The molecule has 96 valence electrons. The molecule has 1 aromatic carbocycles. The predicted octanol–water partition coefficient (Wildman–Crippen LogP) is 0.782. The number of H-pyrrole nitrogens is 1. The van der Waals surface area contributed by atoms with Crippen LogP contribution in [0, 0.1) is 0 Å². The number of aryl methyl sites for hydroxylation is 1. The van der Waals surface area contributed by atoms with Gasteiger partial charge in [0.15, 0.2) is 0 Å². The Bertz CT molecular complexity index is 802. The number of nitrogens with one attached hydrogen (secondary N) is 1. The second kappa shape index (κ2) is 4.33. The maximum Gasteiger partial charge on any atom is 0.264 e. The van der Waals surface area contributed by atoms with Crippen LogP contribution in [0.25, 0.3) is 22.3 Å². The van der Waals surface area contributed by atoms with Crippen molar-refractivity contribution in [1.29, 1.82) is 0 Å². The van der Waals surface area contributed by atoms with E-state index in [0.29, 0.717) is 5.69 Å². The molecule has 0 aliphatic carbocycles. The lowest BCUT2D eigenvalue weighted by Gasteiger charge is -2.05. The normalized spacial score (nSPS) is 11.1. The molecule has 0 radical (unpaired) electrons. The maximum absolute atomic E-state index is 11.3. The van der Waals surface area contributed by atoms with Crippen LogP contribution in [-0.4, -0.2) is 19.7 Å². The van der Waals surface area contributed by atoms with Crippen LogP contribution in [0.2, 0.25) is 0 Å². The summed E-state index contributed by atoms with van der Waals surface area (Å²) in [6.45, 7) is 0.270. The fraction of sp³-hybridized carbons (Fsp3) is 0.154. The molecule has 2 aromatic heterocycles. The van der Waals surface area contributed by atoms with Crippen LogP contribution >= 0.6 is 0 Å². The molecular formula is C13H13N5O. The van der Waals surface area contributed by atoms with Gasteiger partial charge < -0.3 is 10.3 Å². The number of hydrogen-bond donors (Lipinski definition) is 2. The van der Waals surface area contributed by atoms with Gasteiger partial charge in [0.2, 0.25) is 0 Å². The molecule has 2 heterocycles. The van der Waals surface area contributed by atoms with Crippen molar-refractivity contribution in [2.45, 2.75) is 6.54 Å². The molecule has 6 nitrogen and oxygen atoms in total. The smallest absolute Gasteiger partial charge is 0.264 e. The van der Waals surface area contributed by atoms with Gasteiger partial charge >= 0.3 is 0 Å². The third-order valence-electron chi connectivity index (χ3n) is 3.11. The monoisotopic (exact) mass is 255 g/mol. The molecule has 6 heteroatoms. The number of rotatable bonds is 2. The second-order valence-electron chi connectivity index (χ2n) is 4.37. The number of aromatic nitrogens is 4. The van der Waals surface area contributed by atoms with Gasteiger partial charge in [-0.3, -0.25) is 4.79 Å². The summed E-state index contributed by atoms with van der Waals surface area (Å²) in [6, 6.07) is 7.34. The summed E-state index contributed by atoms with van der Waals surface area (Å²) in [6.07, 6.45) is 1.76. The minimum Gasteiger partial charge on any atom is -0.334 e. The van der Waals surface area contributed by atoms with Crippen molar-refractivity contribution in [3.05, 3.63) is 46.5 Å². The lowest BCUT2D eigenvalue weighted by molar-refractivity contribution is 0.944. The third kappa shape index (κ3) is 1.92. The summed E-state index contributed by atoms with van der Waals surface area (Å²) in [7, 11) is 1.94. The molecule has 3 rings (SSSR count). The van der Waals surface area contributed by atoms with E-state index in [1.54, 1.807) is 6.33 Å². The first kappa shape index (κ1) is 11.6. The average Bonchev–Trinajstić information content (AvgIpc) is 2.79. The van der Waals surface area contributed by atoms with Gasteiger partial charge in [-0.1, -0.05) is 6.07 Å². The standard InChI is InChI=1S/C13H13N5O/c1-18-7-15-10-4-8(2-3-11(10)18)13-9(6-14)5-12(19)16-17-13/h2-5,7H,6,14H2,1H3,(H,16,19). The summed E-state index contributed by atoms with van der Waals surface area (Å²) >= 11 is 0. The van der Waals surface area contributed by atoms with E-state index in [1.165, 1.54) is 6.07 Å². The summed E-state index contributed by atoms with van der Waals surface area (Å²) < 4.78 is 1.95. The highest BCUT2D eigenvalue weighted by Gasteiger charge is 2.09. The first-order chi connectivity index (χ1) is 9.19. The molecule has 19 heavy (non-hydrogen) atoms. The zero-order valence-electron chi connectivity index (χ0n) is 10.4. The Balaban J connectivity index is 2.21. The van der Waals surface area contributed by atoms with Crippen molar-refractivity contribution in [3.8, 4) is 11.3 Å². The Labute approximate surface area is 108 Å². The van der Waals surface area contributed by atoms with Crippen molar-refractivity contribution in [2.75, 3.05) is 0 Å². The molecule has 0 bridgehead atoms. The van der Waals surface area contributed by atoms with Crippen molar-refractivity contribution in [1.82, 2.24) is 19.7 Å².